The van der Waals surface area contributed by atoms with Gasteiger partial charge in [-0.25, -0.2) is 4.39 Å². The lowest BCUT2D eigenvalue weighted by molar-refractivity contribution is -0.139. The van der Waals surface area contributed by atoms with Gasteiger partial charge in [0, 0.05) is 5.69 Å². The van der Waals surface area contributed by atoms with Gasteiger partial charge in [-0.15, -0.1) is 0 Å². The van der Waals surface area contributed by atoms with E-state index in [0.717, 1.165) is 25.7 Å². The van der Waals surface area contributed by atoms with E-state index in [9.17, 15) is 14.3 Å². The van der Waals surface area contributed by atoms with E-state index >= 15 is 0 Å². The zero-order valence-electron chi connectivity index (χ0n) is 10.7. The zero-order valence-corrected chi connectivity index (χ0v) is 10.7. The predicted molar refractivity (Wildman–Crippen MR) is 69.9 cm³/mol. The fourth-order valence-corrected chi connectivity index (χ4v) is 2.03. The Kier molecular flexibility index (Phi) is 5.62. The molecule has 100 valence electrons. The Hall–Kier alpha value is -1.58. The van der Waals surface area contributed by atoms with Crippen LogP contribution in [0.2, 0.25) is 0 Å². The average Bonchev–Trinajstić information content (AvgIpc) is 2.32. The molecule has 0 bridgehead atoms. The fraction of sp³-hybridized carbons (Fsp3) is 0.500. The van der Waals surface area contributed by atoms with Gasteiger partial charge in [-0.3, -0.25) is 4.79 Å². The molecule has 1 unspecified atom stereocenters. The average molecular weight is 253 g/mol. The van der Waals surface area contributed by atoms with Gasteiger partial charge >= 0.3 is 5.97 Å². The summed E-state index contributed by atoms with van der Waals surface area (Å²) in [5.41, 5.74) is 6.46. The van der Waals surface area contributed by atoms with Crippen LogP contribution in [-0.4, -0.2) is 11.1 Å². The lowest BCUT2D eigenvalue weighted by Gasteiger charge is -2.15. The quantitative estimate of drug-likeness (QED) is 0.577. The number of halogens is 1. The van der Waals surface area contributed by atoms with Crippen LogP contribution in [0.1, 0.15) is 50.5 Å². The van der Waals surface area contributed by atoms with Crippen molar-refractivity contribution in [3.63, 3.8) is 0 Å². The number of benzene rings is 1. The third-order valence-corrected chi connectivity index (χ3v) is 3.07. The van der Waals surface area contributed by atoms with Gasteiger partial charge in [-0.2, -0.15) is 0 Å². The first kappa shape index (κ1) is 14.5. The van der Waals surface area contributed by atoms with Gasteiger partial charge in [0.05, 0.1) is 5.92 Å². The number of unbranched alkanes of at least 4 members (excludes halogenated alkanes) is 3. The molecular weight excluding hydrogens is 233 g/mol. The van der Waals surface area contributed by atoms with Crippen molar-refractivity contribution in [2.75, 3.05) is 5.73 Å². The van der Waals surface area contributed by atoms with Crippen molar-refractivity contribution < 1.29 is 14.3 Å². The molecule has 0 radical (unpaired) electrons. The molecule has 0 spiro atoms. The molecule has 1 aromatic rings. The van der Waals surface area contributed by atoms with E-state index in [0.29, 0.717) is 17.7 Å². The Morgan fingerprint density at radius 1 is 1.39 bits per heavy atom. The molecule has 4 heteroatoms. The molecule has 3 nitrogen and oxygen atoms in total. The van der Waals surface area contributed by atoms with Gasteiger partial charge in [0.1, 0.15) is 5.82 Å². The number of hydrogen-bond donors (Lipinski definition) is 2. The second kappa shape index (κ2) is 6.99. The topological polar surface area (TPSA) is 63.3 Å². The summed E-state index contributed by atoms with van der Waals surface area (Å²) in [5.74, 6) is -2.10. The number of nitrogen functional groups attached to an aromatic ring is 1. The number of carboxylic acids is 1. The van der Waals surface area contributed by atoms with Crippen LogP contribution >= 0.6 is 0 Å². The van der Waals surface area contributed by atoms with Crippen LogP contribution in [0.15, 0.2) is 18.2 Å². The van der Waals surface area contributed by atoms with E-state index in [1.54, 1.807) is 0 Å². The van der Waals surface area contributed by atoms with Gasteiger partial charge in [-0.1, -0.05) is 32.6 Å². The van der Waals surface area contributed by atoms with Gasteiger partial charge in [0.15, 0.2) is 0 Å². The number of rotatable bonds is 7. The molecule has 0 saturated carbocycles. The largest absolute Gasteiger partial charge is 0.481 e. The number of nitrogens with two attached hydrogens (primary N) is 1. The molecule has 0 heterocycles. The summed E-state index contributed by atoms with van der Waals surface area (Å²) >= 11 is 0. The van der Waals surface area contributed by atoms with Crippen molar-refractivity contribution in [2.45, 2.75) is 44.9 Å². The van der Waals surface area contributed by atoms with Crippen molar-refractivity contribution in [3.05, 3.63) is 29.6 Å². The Labute approximate surface area is 107 Å². The Bertz CT molecular complexity index is 407. The van der Waals surface area contributed by atoms with Crippen LogP contribution in [-0.2, 0) is 4.79 Å². The molecule has 0 fully saturated rings. The maximum atomic E-state index is 13.2. The predicted octanol–water partition coefficient (Wildman–Crippen LogP) is 3.55. The Balaban J connectivity index is 2.77. The first-order valence-corrected chi connectivity index (χ1v) is 6.34. The Morgan fingerprint density at radius 2 is 2.11 bits per heavy atom. The van der Waals surface area contributed by atoms with Crippen molar-refractivity contribution in [2.24, 2.45) is 0 Å². The molecule has 0 saturated heterocycles. The summed E-state index contributed by atoms with van der Waals surface area (Å²) in [7, 11) is 0. The van der Waals surface area contributed by atoms with Crippen LogP contribution in [0, 0.1) is 5.82 Å². The van der Waals surface area contributed by atoms with Gasteiger partial charge < -0.3 is 10.8 Å². The minimum absolute atomic E-state index is 0.347. The highest BCUT2D eigenvalue weighted by molar-refractivity contribution is 5.78. The second-order valence-corrected chi connectivity index (χ2v) is 4.51. The van der Waals surface area contributed by atoms with Crippen LogP contribution in [0.25, 0.3) is 0 Å². The summed E-state index contributed by atoms with van der Waals surface area (Å²) < 4.78 is 13.2. The summed E-state index contributed by atoms with van der Waals surface area (Å²) in [6.45, 7) is 2.10. The Morgan fingerprint density at radius 3 is 2.72 bits per heavy atom. The van der Waals surface area contributed by atoms with E-state index < -0.39 is 17.7 Å². The highest BCUT2D eigenvalue weighted by Crippen LogP contribution is 2.28. The van der Waals surface area contributed by atoms with Gasteiger partial charge in [-0.05, 0) is 30.2 Å². The third kappa shape index (κ3) is 4.02. The van der Waals surface area contributed by atoms with Gasteiger partial charge in [0.2, 0.25) is 0 Å². The molecule has 0 aromatic heterocycles. The minimum atomic E-state index is -0.941. The number of aliphatic carboxylic acids is 1. The second-order valence-electron chi connectivity index (χ2n) is 4.51. The van der Waals surface area contributed by atoms with Crippen LogP contribution in [0.5, 0.6) is 0 Å². The summed E-state index contributed by atoms with van der Waals surface area (Å²) in [6, 6.07) is 3.90. The van der Waals surface area contributed by atoms with Gasteiger partial charge in [0.25, 0.3) is 0 Å². The van der Waals surface area contributed by atoms with E-state index in [2.05, 4.69) is 6.92 Å². The third-order valence-electron chi connectivity index (χ3n) is 3.07. The van der Waals surface area contributed by atoms with Crippen LogP contribution in [0.3, 0.4) is 0 Å². The maximum Gasteiger partial charge on any atom is 0.311 e. The molecule has 1 atom stereocenters. The number of carbonyl (C=O) groups is 1. The first-order chi connectivity index (χ1) is 8.56. The molecular formula is C14H20FNO2. The number of carboxylic acid groups (broad SMARTS) is 1. The zero-order chi connectivity index (χ0) is 13.5. The standard InChI is InChI=1S/C14H20FNO2/c1-2-3-4-5-6-11(14(17)18)12-9-10(15)7-8-13(12)16/h7-9,11H,2-6,16H2,1H3,(H,17,18). The molecule has 1 aromatic carbocycles. The van der Waals surface area contributed by atoms with E-state index in [1.807, 2.05) is 0 Å². The van der Waals surface area contributed by atoms with Crippen molar-refractivity contribution in [1.29, 1.82) is 0 Å². The number of hydrogen-bond acceptors (Lipinski definition) is 2. The molecule has 0 aliphatic heterocycles. The molecule has 0 aliphatic rings. The van der Waals surface area contributed by atoms with E-state index in [1.165, 1.54) is 18.2 Å². The lowest BCUT2D eigenvalue weighted by Crippen LogP contribution is -2.14. The smallest absolute Gasteiger partial charge is 0.311 e. The van der Waals surface area contributed by atoms with E-state index in [-0.39, 0.29) is 0 Å². The highest BCUT2D eigenvalue weighted by atomic mass is 19.1. The SMILES string of the molecule is CCCCCCC(C(=O)O)c1cc(F)ccc1N. The van der Waals surface area contributed by atoms with E-state index in [4.69, 9.17) is 5.73 Å². The molecule has 0 amide bonds. The molecule has 3 N–H and O–H groups in total. The van der Waals surface area contributed by atoms with Crippen molar-refractivity contribution in [3.8, 4) is 0 Å². The summed E-state index contributed by atoms with van der Waals surface area (Å²) in [5, 5.41) is 9.22. The minimum Gasteiger partial charge on any atom is -0.481 e. The molecule has 1 rings (SSSR count). The number of anilines is 1. The highest BCUT2D eigenvalue weighted by Gasteiger charge is 2.22. The monoisotopic (exact) mass is 253 g/mol. The van der Waals surface area contributed by atoms with Crippen molar-refractivity contribution in [1.82, 2.24) is 0 Å². The maximum absolute atomic E-state index is 13.2. The summed E-state index contributed by atoms with van der Waals surface area (Å²) in [4.78, 5) is 11.2. The molecule has 18 heavy (non-hydrogen) atoms. The van der Waals surface area contributed by atoms with Crippen molar-refractivity contribution >= 4 is 11.7 Å². The lowest BCUT2D eigenvalue weighted by atomic mass is 9.92. The molecule has 0 aliphatic carbocycles. The normalized spacial score (nSPS) is 12.3. The fourth-order valence-electron chi connectivity index (χ4n) is 2.03. The first-order valence-electron chi connectivity index (χ1n) is 6.34. The van der Waals surface area contributed by atoms with Crippen LogP contribution in [0.4, 0.5) is 10.1 Å². The van der Waals surface area contributed by atoms with Crippen LogP contribution < -0.4 is 5.73 Å². The summed E-state index contributed by atoms with van der Waals surface area (Å²) in [6.07, 6.45) is 4.50.